The predicted molar refractivity (Wildman–Crippen MR) is 96.7 cm³/mol. The molecule has 0 radical (unpaired) electrons. The molecular weight excluding hydrogens is 336 g/mol. The Morgan fingerprint density at radius 3 is 2.23 bits per heavy atom. The van der Waals surface area contributed by atoms with E-state index >= 15 is 0 Å². The summed E-state index contributed by atoms with van der Waals surface area (Å²) in [5, 5.41) is 5.32. The van der Waals surface area contributed by atoms with Crippen LogP contribution >= 0.6 is 0 Å². The molecule has 0 bridgehead atoms. The fourth-order valence-corrected chi connectivity index (χ4v) is 2.34. The van der Waals surface area contributed by atoms with Crippen molar-refractivity contribution < 1.29 is 23.8 Å². The van der Waals surface area contributed by atoms with E-state index in [1.54, 1.807) is 50.6 Å². The minimum atomic E-state index is -0.372. The molecule has 0 aliphatic carbocycles. The third-order valence-electron chi connectivity index (χ3n) is 3.70. The highest BCUT2D eigenvalue weighted by Gasteiger charge is 2.12. The summed E-state index contributed by atoms with van der Waals surface area (Å²) < 4.78 is 15.5. The number of carbonyl (C=O) groups excluding carboxylic acids is 2. The fourth-order valence-electron chi connectivity index (χ4n) is 2.34. The Morgan fingerprint density at radius 2 is 1.54 bits per heavy atom. The second-order valence-corrected chi connectivity index (χ2v) is 5.35. The first-order valence-corrected chi connectivity index (χ1v) is 7.97. The molecule has 2 aromatic carbocycles. The number of benzene rings is 2. The first-order valence-electron chi connectivity index (χ1n) is 7.97. The van der Waals surface area contributed by atoms with Crippen LogP contribution in [0.1, 0.15) is 15.9 Å². The molecule has 0 unspecified atom stereocenters. The largest absolute Gasteiger partial charge is 0.496 e. The maximum atomic E-state index is 12.2. The minimum absolute atomic E-state index is 0.135. The molecule has 0 saturated heterocycles. The van der Waals surface area contributed by atoms with Crippen LogP contribution < -0.4 is 24.8 Å². The molecular formula is C19H22N2O5. The lowest BCUT2D eigenvalue weighted by Gasteiger charge is -2.11. The summed E-state index contributed by atoms with van der Waals surface area (Å²) in [5.74, 6) is 0.984. The topological polar surface area (TPSA) is 85.9 Å². The Labute approximate surface area is 152 Å². The van der Waals surface area contributed by atoms with E-state index in [0.29, 0.717) is 29.4 Å². The van der Waals surface area contributed by atoms with E-state index in [4.69, 9.17) is 14.2 Å². The minimum Gasteiger partial charge on any atom is -0.496 e. The second kappa shape index (κ2) is 9.31. The van der Waals surface area contributed by atoms with Crippen LogP contribution in [0.5, 0.6) is 17.2 Å². The van der Waals surface area contributed by atoms with E-state index in [0.717, 1.165) is 5.56 Å². The highest BCUT2D eigenvalue weighted by Crippen LogP contribution is 2.27. The molecule has 138 valence electrons. The quantitative estimate of drug-likeness (QED) is 0.751. The number of hydrogen-bond donors (Lipinski definition) is 2. The molecule has 0 aliphatic rings. The van der Waals surface area contributed by atoms with E-state index in [9.17, 15) is 9.59 Å². The molecule has 0 aromatic heterocycles. The van der Waals surface area contributed by atoms with Crippen molar-refractivity contribution in [2.45, 2.75) is 6.54 Å². The molecule has 0 fully saturated rings. The molecule has 2 aromatic rings. The van der Waals surface area contributed by atoms with Crippen LogP contribution in [0.25, 0.3) is 0 Å². The van der Waals surface area contributed by atoms with Crippen molar-refractivity contribution >= 4 is 11.8 Å². The summed E-state index contributed by atoms with van der Waals surface area (Å²) in [6, 6.07) is 12.2. The van der Waals surface area contributed by atoms with Crippen LogP contribution in [-0.4, -0.2) is 39.7 Å². The van der Waals surface area contributed by atoms with E-state index in [2.05, 4.69) is 10.6 Å². The maximum absolute atomic E-state index is 12.2. The predicted octanol–water partition coefficient (Wildman–Crippen LogP) is 1.76. The van der Waals surface area contributed by atoms with Crippen LogP contribution in [0.2, 0.25) is 0 Å². The monoisotopic (exact) mass is 358 g/mol. The van der Waals surface area contributed by atoms with Crippen molar-refractivity contribution in [1.82, 2.24) is 10.6 Å². The van der Waals surface area contributed by atoms with Crippen molar-refractivity contribution in [2.24, 2.45) is 0 Å². The smallest absolute Gasteiger partial charge is 0.255 e. The van der Waals surface area contributed by atoms with Gasteiger partial charge in [0.25, 0.3) is 5.91 Å². The molecule has 2 rings (SSSR count). The van der Waals surface area contributed by atoms with Gasteiger partial charge in [0.2, 0.25) is 5.91 Å². The number of nitrogens with one attached hydrogen (secondary N) is 2. The van der Waals surface area contributed by atoms with Gasteiger partial charge in [-0.15, -0.1) is 0 Å². The Hall–Kier alpha value is -3.22. The van der Waals surface area contributed by atoms with Gasteiger partial charge in [-0.25, -0.2) is 0 Å². The fraction of sp³-hybridized carbons (Fsp3) is 0.263. The third kappa shape index (κ3) is 4.89. The molecule has 0 heterocycles. The third-order valence-corrected chi connectivity index (χ3v) is 3.70. The van der Waals surface area contributed by atoms with Gasteiger partial charge in [-0.05, 0) is 29.8 Å². The zero-order valence-corrected chi connectivity index (χ0v) is 15.0. The Bertz CT molecular complexity index is 776. The summed E-state index contributed by atoms with van der Waals surface area (Å²) in [5.41, 5.74) is 1.23. The van der Waals surface area contributed by atoms with Gasteiger partial charge in [0.15, 0.2) is 11.5 Å². The number of rotatable bonds is 8. The van der Waals surface area contributed by atoms with Crippen LogP contribution in [-0.2, 0) is 11.3 Å². The molecule has 2 N–H and O–H groups in total. The summed E-state index contributed by atoms with van der Waals surface area (Å²) in [6.07, 6.45) is 0. The highest BCUT2D eigenvalue weighted by molar-refractivity contribution is 5.98. The molecule has 7 nitrogen and oxygen atoms in total. The zero-order chi connectivity index (χ0) is 18.9. The lowest BCUT2D eigenvalue weighted by Crippen LogP contribution is -2.36. The van der Waals surface area contributed by atoms with E-state index in [-0.39, 0.29) is 18.4 Å². The standard InChI is InChI=1S/C19H22N2O5/c1-24-15-7-5-4-6-14(15)19(23)21-12-18(22)20-11-13-8-9-16(25-2)17(10-13)26-3/h4-10H,11-12H2,1-3H3,(H,20,22)(H,21,23). The normalized spacial score (nSPS) is 9.96. The first kappa shape index (κ1) is 19.1. The van der Waals surface area contributed by atoms with Crippen LogP contribution in [0, 0.1) is 0 Å². The van der Waals surface area contributed by atoms with Crippen molar-refractivity contribution in [3.8, 4) is 17.2 Å². The number of amides is 2. The molecule has 0 saturated carbocycles. The molecule has 0 aliphatic heterocycles. The van der Waals surface area contributed by atoms with Gasteiger partial charge in [0, 0.05) is 6.54 Å². The van der Waals surface area contributed by atoms with Crippen LogP contribution in [0.3, 0.4) is 0 Å². The second-order valence-electron chi connectivity index (χ2n) is 5.35. The Balaban J connectivity index is 1.86. The van der Waals surface area contributed by atoms with E-state index in [1.807, 2.05) is 6.07 Å². The average molecular weight is 358 g/mol. The Morgan fingerprint density at radius 1 is 0.846 bits per heavy atom. The van der Waals surface area contributed by atoms with Gasteiger partial charge < -0.3 is 24.8 Å². The molecule has 26 heavy (non-hydrogen) atoms. The zero-order valence-electron chi connectivity index (χ0n) is 15.0. The Kier molecular flexibility index (Phi) is 6.84. The molecule has 0 spiro atoms. The van der Waals surface area contributed by atoms with Crippen molar-refractivity contribution in [1.29, 1.82) is 0 Å². The molecule has 7 heteroatoms. The number of carbonyl (C=O) groups is 2. The summed E-state index contributed by atoms with van der Waals surface area (Å²) in [6.45, 7) is 0.174. The number of ether oxygens (including phenoxy) is 3. The van der Waals surface area contributed by atoms with Gasteiger partial charge in [-0.3, -0.25) is 9.59 Å². The summed E-state index contributed by atoms with van der Waals surface area (Å²) in [7, 11) is 4.60. The van der Waals surface area contributed by atoms with Gasteiger partial charge in [0.1, 0.15) is 5.75 Å². The first-order chi connectivity index (χ1) is 12.6. The highest BCUT2D eigenvalue weighted by atomic mass is 16.5. The average Bonchev–Trinajstić information content (AvgIpc) is 2.69. The van der Waals surface area contributed by atoms with Gasteiger partial charge >= 0.3 is 0 Å². The van der Waals surface area contributed by atoms with Gasteiger partial charge in [-0.2, -0.15) is 0 Å². The maximum Gasteiger partial charge on any atom is 0.255 e. The lowest BCUT2D eigenvalue weighted by molar-refractivity contribution is -0.120. The van der Waals surface area contributed by atoms with Crippen molar-refractivity contribution in [3.63, 3.8) is 0 Å². The van der Waals surface area contributed by atoms with Crippen LogP contribution in [0.4, 0.5) is 0 Å². The van der Waals surface area contributed by atoms with Crippen molar-refractivity contribution in [3.05, 3.63) is 53.6 Å². The van der Waals surface area contributed by atoms with Gasteiger partial charge in [0.05, 0.1) is 33.4 Å². The SMILES string of the molecule is COc1ccc(CNC(=O)CNC(=O)c2ccccc2OC)cc1OC. The number of para-hydroxylation sites is 1. The number of methoxy groups -OCH3 is 3. The van der Waals surface area contributed by atoms with Gasteiger partial charge in [-0.1, -0.05) is 18.2 Å². The molecule has 2 amide bonds. The lowest BCUT2D eigenvalue weighted by atomic mass is 10.2. The molecule has 0 atom stereocenters. The van der Waals surface area contributed by atoms with Crippen molar-refractivity contribution in [2.75, 3.05) is 27.9 Å². The number of hydrogen-bond acceptors (Lipinski definition) is 5. The van der Waals surface area contributed by atoms with Crippen LogP contribution in [0.15, 0.2) is 42.5 Å². The van der Waals surface area contributed by atoms with E-state index < -0.39 is 0 Å². The summed E-state index contributed by atoms with van der Waals surface area (Å²) in [4.78, 5) is 24.1. The van der Waals surface area contributed by atoms with E-state index in [1.165, 1.54) is 7.11 Å². The summed E-state index contributed by atoms with van der Waals surface area (Å²) >= 11 is 0.